The highest BCUT2D eigenvalue weighted by atomic mass is 35.5. The number of amides is 2. The first-order chi connectivity index (χ1) is 14.3. The van der Waals surface area contributed by atoms with Crippen molar-refractivity contribution in [2.75, 3.05) is 13.2 Å². The van der Waals surface area contributed by atoms with Crippen LogP contribution in [0.25, 0.3) is 0 Å². The number of nitrogens with two attached hydrogens (primary N) is 1. The molecule has 30 heavy (non-hydrogen) atoms. The van der Waals surface area contributed by atoms with E-state index in [1.54, 1.807) is 18.2 Å². The number of nitrogens with one attached hydrogen (secondary N) is 1. The molecular formula is C21H27ClN2O6. The first-order valence-corrected chi connectivity index (χ1v) is 10.5. The van der Waals surface area contributed by atoms with Crippen molar-refractivity contribution in [1.29, 1.82) is 0 Å². The molecule has 3 N–H and O–H groups in total. The molecule has 1 saturated carbocycles. The zero-order chi connectivity index (χ0) is 21.7. The first-order valence-electron chi connectivity index (χ1n) is 10.2. The summed E-state index contributed by atoms with van der Waals surface area (Å²) in [6, 6.07) is 4.90. The van der Waals surface area contributed by atoms with Gasteiger partial charge >= 0.3 is 6.09 Å². The Hall–Kier alpha value is -2.16. The summed E-state index contributed by atoms with van der Waals surface area (Å²) in [6.45, 7) is 2.70. The van der Waals surface area contributed by atoms with Gasteiger partial charge < -0.3 is 25.3 Å². The van der Waals surface area contributed by atoms with Gasteiger partial charge in [-0.2, -0.15) is 0 Å². The van der Waals surface area contributed by atoms with Crippen LogP contribution in [0.3, 0.4) is 0 Å². The number of primary amides is 1. The van der Waals surface area contributed by atoms with Crippen LogP contribution < -0.4 is 11.1 Å². The summed E-state index contributed by atoms with van der Waals surface area (Å²) in [4.78, 5) is 36.0. The fourth-order valence-corrected chi connectivity index (χ4v) is 3.68. The number of carbonyl (C=O) groups is 3. The van der Waals surface area contributed by atoms with Crippen molar-refractivity contribution in [2.24, 2.45) is 11.7 Å². The van der Waals surface area contributed by atoms with E-state index in [-0.39, 0.29) is 30.6 Å². The molecule has 0 radical (unpaired) electrons. The van der Waals surface area contributed by atoms with Crippen molar-refractivity contribution in [3.8, 4) is 0 Å². The minimum Gasteiger partial charge on any atom is -0.439 e. The summed E-state index contributed by atoms with van der Waals surface area (Å²) in [5, 5.41) is 3.27. The molecule has 1 aliphatic carbocycles. The van der Waals surface area contributed by atoms with Crippen molar-refractivity contribution in [1.82, 2.24) is 5.32 Å². The van der Waals surface area contributed by atoms with E-state index >= 15 is 0 Å². The SMILES string of the molecule is C[C@H](OC(N)=O)C(=O)Cc1c(Cl)cccc1C(=O)NC1CC1COC1CCCCO1. The average Bonchev–Trinajstić information content (AvgIpc) is 3.45. The molecule has 1 saturated heterocycles. The summed E-state index contributed by atoms with van der Waals surface area (Å²) in [5.41, 5.74) is 5.68. The normalized spacial score (nSPS) is 24.0. The van der Waals surface area contributed by atoms with Gasteiger partial charge in [0, 0.05) is 35.6 Å². The van der Waals surface area contributed by atoms with Crippen molar-refractivity contribution in [3.05, 3.63) is 34.3 Å². The number of carbonyl (C=O) groups excluding carboxylic acids is 3. The average molecular weight is 439 g/mol. The molecule has 3 rings (SSSR count). The lowest BCUT2D eigenvalue weighted by Crippen LogP contribution is -2.31. The van der Waals surface area contributed by atoms with Crippen molar-refractivity contribution < 1.29 is 28.6 Å². The maximum atomic E-state index is 12.8. The van der Waals surface area contributed by atoms with Gasteiger partial charge in [0.1, 0.15) is 0 Å². The van der Waals surface area contributed by atoms with Crippen molar-refractivity contribution >= 4 is 29.4 Å². The van der Waals surface area contributed by atoms with E-state index in [0.29, 0.717) is 22.8 Å². The van der Waals surface area contributed by atoms with Crippen molar-refractivity contribution in [3.63, 3.8) is 0 Å². The number of rotatable bonds is 9. The molecule has 4 atom stereocenters. The van der Waals surface area contributed by atoms with E-state index < -0.39 is 18.0 Å². The summed E-state index contributed by atoms with van der Waals surface area (Å²) in [6.07, 6.45) is 1.56. The molecule has 1 aromatic rings. The van der Waals surface area contributed by atoms with Crippen LogP contribution in [0.5, 0.6) is 0 Å². The molecule has 8 nitrogen and oxygen atoms in total. The second kappa shape index (κ2) is 10.2. The Bertz CT molecular complexity index is 796. The summed E-state index contributed by atoms with van der Waals surface area (Å²) >= 11 is 6.25. The summed E-state index contributed by atoms with van der Waals surface area (Å²) in [7, 11) is 0. The van der Waals surface area contributed by atoms with E-state index in [9.17, 15) is 14.4 Å². The van der Waals surface area contributed by atoms with Crippen LogP contribution in [0, 0.1) is 5.92 Å². The maximum Gasteiger partial charge on any atom is 0.405 e. The molecule has 3 unspecified atom stereocenters. The van der Waals surface area contributed by atoms with Crippen LogP contribution >= 0.6 is 11.6 Å². The van der Waals surface area contributed by atoms with Crippen LogP contribution in [-0.4, -0.2) is 49.4 Å². The minimum absolute atomic E-state index is 0.0146. The highest BCUT2D eigenvalue weighted by Crippen LogP contribution is 2.32. The van der Waals surface area contributed by atoms with E-state index in [4.69, 9.17) is 31.5 Å². The van der Waals surface area contributed by atoms with Gasteiger partial charge in [-0.1, -0.05) is 17.7 Å². The Balaban J connectivity index is 1.55. The van der Waals surface area contributed by atoms with Gasteiger partial charge in [-0.3, -0.25) is 9.59 Å². The van der Waals surface area contributed by atoms with Crippen LogP contribution in [0.4, 0.5) is 4.79 Å². The highest BCUT2D eigenvalue weighted by Gasteiger charge is 2.39. The highest BCUT2D eigenvalue weighted by molar-refractivity contribution is 6.32. The Labute approximate surface area is 180 Å². The fourth-order valence-electron chi connectivity index (χ4n) is 3.44. The monoisotopic (exact) mass is 438 g/mol. The largest absolute Gasteiger partial charge is 0.439 e. The third-order valence-corrected chi connectivity index (χ3v) is 5.69. The predicted octanol–water partition coefficient (Wildman–Crippen LogP) is 2.60. The number of hydrogen-bond acceptors (Lipinski definition) is 6. The van der Waals surface area contributed by atoms with Gasteiger partial charge in [-0.15, -0.1) is 0 Å². The Kier molecular flexibility index (Phi) is 7.69. The molecule has 0 bridgehead atoms. The molecule has 9 heteroatoms. The third kappa shape index (κ3) is 6.17. The molecule has 2 amide bonds. The Morgan fingerprint density at radius 3 is 2.83 bits per heavy atom. The molecular weight excluding hydrogens is 412 g/mol. The number of benzene rings is 1. The van der Waals surface area contributed by atoms with Crippen LogP contribution in [0.2, 0.25) is 5.02 Å². The van der Waals surface area contributed by atoms with E-state index in [1.807, 2.05) is 0 Å². The smallest absolute Gasteiger partial charge is 0.405 e. The molecule has 0 aromatic heterocycles. The standard InChI is InChI=1S/C21H27ClN2O6/c1-12(30-21(23)27)18(25)10-15-14(5-4-6-16(15)22)20(26)24-17-9-13(17)11-29-19-7-2-3-8-28-19/h4-6,12-13,17,19H,2-3,7-11H2,1H3,(H2,23,27)(H,24,26)/t12-,13?,17?,19?/m0/s1. The van der Waals surface area contributed by atoms with E-state index in [0.717, 1.165) is 32.3 Å². The molecule has 1 aliphatic heterocycles. The molecule has 2 aliphatic rings. The predicted molar refractivity (Wildman–Crippen MR) is 109 cm³/mol. The first kappa shape index (κ1) is 22.5. The van der Waals surface area contributed by atoms with Gasteiger partial charge in [0.25, 0.3) is 5.91 Å². The topological polar surface area (TPSA) is 117 Å². The quantitative estimate of drug-likeness (QED) is 0.612. The maximum absolute atomic E-state index is 12.8. The number of ether oxygens (including phenoxy) is 3. The lowest BCUT2D eigenvalue weighted by molar-refractivity contribution is -0.164. The number of halogens is 1. The van der Waals surface area contributed by atoms with E-state index in [1.165, 1.54) is 6.92 Å². The van der Waals surface area contributed by atoms with Crippen LogP contribution in [-0.2, 0) is 25.4 Å². The number of Topliss-reactive ketones (excluding diaryl/α,β-unsaturated/α-hetero) is 1. The summed E-state index contributed by atoms with van der Waals surface area (Å²) in [5.74, 6) is -0.459. The van der Waals surface area contributed by atoms with Gasteiger partial charge in [0.05, 0.1) is 6.61 Å². The fraction of sp³-hybridized carbons (Fsp3) is 0.571. The molecule has 0 spiro atoms. The number of hydrogen-bond donors (Lipinski definition) is 2. The zero-order valence-electron chi connectivity index (χ0n) is 16.9. The molecule has 1 aromatic carbocycles. The molecule has 1 heterocycles. The lowest BCUT2D eigenvalue weighted by Gasteiger charge is -2.22. The second-order valence-electron chi connectivity index (χ2n) is 7.69. The minimum atomic E-state index is -1.03. The lowest BCUT2D eigenvalue weighted by atomic mass is 9.99. The second-order valence-corrected chi connectivity index (χ2v) is 8.10. The van der Waals surface area contributed by atoms with Gasteiger partial charge in [-0.25, -0.2) is 4.79 Å². The van der Waals surface area contributed by atoms with Gasteiger partial charge in [0.15, 0.2) is 18.2 Å². The van der Waals surface area contributed by atoms with Crippen LogP contribution in [0.1, 0.15) is 48.5 Å². The summed E-state index contributed by atoms with van der Waals surface area (Å²) < 4.78 is 16.1. The van der Waals surface area contributed by atoms with Crippen LogP contribution in [0.15, 0.2) is 18.2 Å². The molecule has 164 valence electrons. The Morgan fingerprint density at radius 2 is 2.13 bits per heavy atom. The number of ketones is 1. The third-order valence-electron chi connectivity index (χ3n) is 5.33. The zero-order valence-corrected chi connectivity index (χ0v) is 17.7. The van der Waals surface area contributed by atoms with Gasteiger partial charge in [-0.05, 0) is 50.3 Å². The van der Waals surface area contributed by atoms with Crippen molar-refractivity contribution in [2.45, 2.75) is 57.5 Å². The molecule has 2 fully saturated rings. The van der Waals surface area contributed by atoms with Gasteiger partial charge in [0.2, 0.25) is 0 Å². The Morgan fingerprint density at radius 1 is 1.33 bits per heavy atom. The van der Waals surface area contributed by atoms with E-state index in [2.05, 4.69) is 5.32 Å².